The first kappa shape index (κ1) is 14.5. The summed E-state index contributed by atoms with van der Waals surface area (Å²) in [6.45, 7) is 7.03. The molecule has 1 aromatic heterocycles. The maximum absolute atomic E-state index is 4.61. The molecule has 0 aliphatic rings. The lowest BCUT2D eigenvalue weighted by molar-refractivity contribution is 0.795. The van der Waals surface area contributed by atoms with Crippen LogP contribution in [0.1, 0.15) is 22.4 Å². The third kappa shape index (κ3) is 2.96. The molecule has 20 heavy (non-hydrogen) atoms. The number of benzene rings is 1. The van der Waals surface area contributed by atoms with Gasteiger partial charge in [0.25, 0.3) is 0 Å². The number of aryl methyl sites for hydroxylation is 3. The molecule has 0 aliphatic carbocycles. The van der Waals surface area contributed by atoms with Crippen LogP contribution in [0.15, 0.2) is 24.4 Å². The Balaban J connectivity index is 2.33. The van der Waals surface area contributed by atoms with E-state index in [0.29, 0.717) is 0 Å². The van der Waals surface area contributed by atoms with Crippen LogP contribution >= 0.6 is 0 Å². The normalized spacial score (nSPS) is 10.7. The van der Waals surface area contributed by atoms with E-state index in [9.17, 15) is 0 Å². The zero-order valence-corrected chi connectivity index (χ0v) is 12.9. The second-order valence-corrected chi connectivity index (χ2v) is 5.16. The second-order valence-electron chi connectivity index (χ2n) is 5.16. The molecule has 2 aromatic rings. The van der Waals surface area contributed by atoms with Gasteiger partial charge in [-0.15, -0.1) is 0 Å². The van der Waals surface area contributed by atoms with Gasteiger partial charge in [0, 0.05) is 36.7 Å². The molecule has 0 radical (unpaired) electrons. The molecule has 2 rings (SSSR count). The van der Waals surface area contributed by atoms with Gasteiger partial charge in [-0.25, -0.2) is 9.97 Å². The van der Waals surface area contributed by atoms with E-state index in [0.717, 1.165) is 29.4 Å². The molecule has 0 saturated carbocycles. The number of nitrogens with zero attached hydrogens (tertiary/aromatic N) is 3. The van der Waals surface area contributed by atoms with Crippen molar-refractivity contribution >= 4 is 11.6 Å². The van der Waals surface area contributed by atoms with E-state index in [1.54, 1.807) is 0 Å². The van der Waals surface area contributed by atoms with Gasteiger partial charge in [0.2, 0.25) is 5.95 Å². The molecule has 4 heteroatoms. The zero-order valence-electron chi connectivity index (χ0n) is 12.9. The second kappa shape index (κ2) is 6.01. The summed E-state index contributed by atoms with van der Waals surface area (Å²) in [6, 6.07) is 6.40. The third-order valence-electron chi connectivity index (χ3n) is 3.45. The van der Waals surface area contributed by atoms with Crippen molar-refractivity contribution < 1.29 is 0 Å². The predicted octanol–water partition coefficient (Wildman–Crippen LogP) is 2.89. The molecule has 0 amide bonds. The molecule has 4 nitrogen and oxygen atoms in total. The topological polar surface area (TPSA) is 41.1 Å². The highest BCUT2D eigenvalue weighted by Crippen LogP contribution is 2.25. The maximum Gasteiger partial charge on any atom is 0.229 e. The summed E-state index contributed by atoms with van der Waals surface area (Å²) in [6.07, 6.45) is 1.90. The maximum atomic E-state index is 4.61. The highest BCUT2D eigenvalue weighted by molar-refractivity contribution is 5.61. The molecule has 0 spiro atoms. The Morgan fingerprint density at radius 1 is 1.20 bits per heavy atom. The minimum Gasteiger partial charge on any atom is -0.316 e. The lowest BCUT2D eigenvalue weighted by atomic mass is 10.1. The van der Waals surface area contributed by atoms with Gasteiger partial charge in [-0.1, -0.05) is 17.7 Å². The summed E-state index contributed by atoms with van der Waals surface area (Å²) in [5.74, 6) is 0.731. The highest BCUT2D eigenvalue weighted by Gasteiger charge is 2.11. The minimum atomic E-state index is 0.731. The molecule has 0 aliphatic heterocycles. The molecule has 1 aromatic carbocycles. The van der Waals surface area contributed by atoms with Crippen LogP contribution in [-0.2, 0) is 6.54 Å². The Bertz CT molecular complexity index is 607. The van der Waals surface area contributed by atoms with E-state index < -0.39 is 0 Å². The molecule has 1 N–H and O–H groups in total. The van der Waals surface area contributed by atoms with Crippen LogP contribution in [0.25, 0.3) is 0 Å². The molecule has 1 heterocycles. The average molecular weight is 270 g/mol. The average Bonchev–Trinajstić information content (AvgIpc) is 2.40. The van der Waals surface area contributed by atoms with Gasteiger partial charge >= 0.3 is 0 Å². The fourth-order valence-corrected chi connectivity index (χ4v) is 2.29. The Labute approximate surface area is 120 Å². The van der Waals surface area contributed by atoms with Crippen molar-refractivity contribution in [3.8, 4) is 0 Å². The largest absolute Gasteiger partial charge is 0.316 e. The molecular formula is C16H22N4. The molecular weight excluding hydrogens is 248 g/mol. The quantitative estimate of drug-likeness (QED) is 0.927. The first-order valence-corrected chi connectivity index (χ1v) is 6.81. The van der Waals surface area contributed by atoms with Crippen LogP contribution in [-0.4, -0.2) is 24.1 Å². The fourth-order valence-electron chi connectivity index (χ4n) is 2.29. The van der Waals surface area contributed by atoms with Crippen molar-refractivity contribution in [2.45, 2.75) is 27.3 Å². The lowest BCUT2D eigenvalue weighted by Crippen LogP contribution is -2.16. The summed E-state index contributed by atoms with van der Waals surface area (Å²) >= 11 is 0. The molecule has 0 unspecified atom stereocenters. The van der Waals surface area contributed by atoms with Gasteiger partial charge in [-0.05, 0) is 39.4 Å². The summed E-state index contributed by atoms with van der Waals surface area (Å²) in [5.41, 5.74) is 5.77. The number of anilines is 2. The van der Waals surface area contributed by atoms with Crippen molar-refractivity contribution in [3.63, 3.8) is 0 Å². The van der Waals surface area contributed by atoms with Crippen LogP contribution in [0.4, 0.5) is 11.6 Å². The monoisotopic (exact) mass is 270 g/mol. The minimum absolute atomic E-state index is 0.731. The van der Waals surface area contributed by atoms with Crippen molar-refractivity contribution in [3.05, 3.63) is 46.8 Å². The SMILES string of the molecule is CNCc1cnc(N(C)c2ccc(C)cc2C)nc1C. The molecule has 106 valence electrons. The van der Waals surface area contributed by atoms with Crippen molar-refractivity contribution in [1.82, 2.24) is 15.3 Å². The van der Waals surface area contributed by atoms with Gasteiger partial charge in [0.1, 0.15) is 0 Å². The Hall–Kier alpha value is -1.94. The van der Waals surface area contributed by atoms with Crippen LogP contribution < -0.4 is 10.2 Å². The van der Waals surface area contributed by atoms with Crippen LogP contribution in [0, 0.1) is 20.8 Å². The van der Waals surface area contributed by atoms with E-state index in [2.05, 4.69) is 47.3 Å². The number of hydrogen-bond donors (Lipinski definition) is 1. The number of nitrogens with one attached hydrogen (secondary N) is 1. The molecule has 0 saturated heterocycles. The predicted molar refractivity (Wildman–Crippen MR) is 83.5 cm³/mol. The number of hydrogen-bond acceptors (Lipinski definition) is 4. The van der Waals surface area contributed by atoms with E-state index in [1.807, 2.05) is 32.1 Å². The first-order valence-electron chi connectivity index (χ1n) is 6.81. The van der Waals surface area contributed by atoms with Gasteiger partial charge in [-0.3, -0.25) is 0 Å². The lowest BCUT2D eigenvalue weighted by Gasteiger charge is -2.20. The summed E-state index contributed by atoms with van der Waals surface area (Å²) in [4.78, 5) is 11.1. The van der Waals surface area contributed by atoms with Crippen LogP contribution in [0.3, 0.4) is 0 Å². The van der Waals surface area contributed by atoms with E-state index in [1.165, 1.54) is 11.1 Å². The van der Waals surface area contributed by atoms with Crippen molar-refractivity contribution in [1.29, 1.82) is 0 Å². The molecule has 0 fully saturated rings. The summed E-state index contributed by atoms with van der Waals surface area (Å²) in [7, 11) is 3.93. The smallest absolute Gasteiger partial charge is 0.229 e. The van der Waals surface area contributed by atoms with Crippen LogP contribution in [0.2, 0.25) is 0 Å². The Morgan fingerprint density at radius 3 is 2.55 bits per heavy atom. The summed E-state index contributed by atoms with van der Waals surface area (Å²) in [5, 5.41) is 3.13. The van der Waals surface area contributed by atoms with Gasteiger partial charge in [0.15, 0.2) is 0 Å². The van der Waals surface area contributed by atoms with Gasteiger partial charge < -0.3 is 10.2 Å². The highest BCUT2D eigenvalue weighted by atomic mass is 15.2. The fraction of sp³-hybridized carbons (Fsp3) is 0.375. The summed E-state index contributed by atoms with van der Waals surface area (Å²) < 4.78 is 0. The van der Waals surface area contributed by atoms with Gasteiger partial charge in [-0.2, -0.15) is 0 Å². The first-order chi connectivity index (χ1) is 9.52. The van der Waals surface area contributed by atoms with E-state index >= 15 is 0 Å². The van der Waals surface area contributed by atoms with Gasteiger partial charge in [0.05, 0.1) is 0 Å². The standard InChI is InChI=1S/C16H22N4/c1-11-6-7-15(12(2)8-11)20(5)16-18-10-14(9-17-4)13(3)19-16/h6-8,10,17H,9H2,1-5H3. The van der Waals surface area contributed by atoms with Crippen molar-refractivity contribution in [2.24, 2.45) is 0 Å². The Kier molecular flexibility index (Phi) is 4.35. The van der Waals surface area contributed by atoms with E-state index in [-0.39, 0.29) is 0 Å². The van der Waals surface area contributed by atoms with E-state index in [4.69, 9.17) is 0 Å². The Morgan fingerprint density at radius 2 is 1.95 bits per heavy atom. The molecule has 0 bridgehead atoms. The zero-order chi connectivity index (χ0) is 14.7. The number of rotatable bonds is 4. The third-order valence-corrected chi connectivity index (χ3v) is 3.45. The van der Waals surface area contributed by atoms with Crippen molar-refractivity contribution in [2.75, 3.05) is 19.0 Å². The molecule has 0 atom stereocenters. The van der Waals surface area contributed by atoms with Crippen LogP contribution in [0.5, 0.6) is 0 Å². The number of aromatic nitrogens is 2.